The zero-order chi connectivity index (χ0) is 17.3. The highest BCUT2D eigenvalue weighted by atomic mass is 16.5. The summed E-state index contributed by atoms with van der Waals surface area (Å²) < 4.78 is 5.18. The molecule has 0 atom stereocenters. The van der Waals surface area contributed by atoms with Gasteiger partial charge in [-0.05, 0) is 46.7 Å². The molecule has 5 heteroatoms. The van der Waals surface area contributed by atoms with E-state index in [0.29, 0.717) is 11.3 Å². The van der Waals surface area contributed by atoms with Gasteiger partial charge in [-0.25, -0.2) is 9.59 Å². The lowest BCUT2D eigenvalue weighted by atomic mass is 9.92. The topological polar surface area (TPSA) is 83.8 Å². The van der Waals surface area contributed by atoms with E-state index in [1.54, 1.807) is 25.3 Å². The van der Waals surface area contributed by atoms with E-state index in [1.807, 2.05) is 18.2 Å². The minimum atomic E-state index is -1.16. The molecule has 0 saturated carbocycles. The second-order valence-electron chi connectivity index (χ2n) is 5.27. The van der Waals surface area contributed by atoms with Crippen LogP contribution in [0.1, 0.15) is 20.7 Å². The first-order valence-corrected chi connectivity index (χ1v) is 7.19. The molecule has 3 rings (SSSR count). The van der Waals surface area contributed by atoms with Gasteiger partial charge in [0.15, 0.2) is 0 Å². The second-order valence-corrected chi connectivity index (χ2v) is 5.27. The molecular formula is C19H14O5. The molecule has 0 unspecified atom stereocenters. The predicted molar refractivity (Wildman–Crippen MR) is 89.9 cm³/mol. The maximum Gasteiger partial charge on any atom is 0.336 e. The summed E-state index contributed by atoms with van der Waals surface area (Å²) >= 11 is 0. The summed E-state index contributed by atoms with van der Waals surface area (Å²) in [6.45, 7) is 0. The van der Waals surface area contributed by atoms with Gasteiger partial charge in [0.1, 0.15) is 5.75 Å². The number of fused-ring (bicyclic) bond motifs is 1. The van der Waals surface area contributed by atoms with Gasteiger partial charge in [-0.3, -0.25) is 0 Å². The number of carboxylic acids is 2. The lowest BCUT2D eigenvalue weighted by molar-refractivity contribution is 0.0696. The number of methoxy groups -OCH3 is 1. The first-order chi connectivity index (χ1) is 11.5. The van der Waals surface area contributed by atoms with Crippen molar-refractivity contribution in [1.82, 2.24) is 0 Å². The smallest absolute Gasteiger partial charge is 0.336 e. The molecule has 0 bridgehead atoms. The van der Waals surface area contributed by atoms with Crippen LogP contribution in [0.15, 0.2) is 54.6 Å². The highest BCUT2D eigenvalue weighted by Crippen LogP contribution is 2.32. The molecule has 5 nitrogen and oxygen atoms in total. The van der Waals surface area contributed by atoms with Crippen molar-refractivity contribution in [1.29, 1.82) is 0 Å². The lowest BCUT2D eigenvalue weighted by Crippen LogP contribution is -2.06. The number of carbonyl (C=O) groups is 2. The van der Waals surface area contributed by atoms with Gasteiger partial charge in [-0.2, -0.15) is 0 Å². The molecule has 0 aliphatic heterocycles. The average Bonchev–Trinajstić information content (AvgIpc) is 2.59. The van der Waals surface area contributed by atoms with E-state index < -0.39 is 11.9 Å². The molecular weight excluding hydrogens is 308 g/mol. The number of hydrogen-bond acceptors (Lipinski definition) is 3. The van der Waals surface area contributed by atoms with Crippen molar-refractivity contribution in [3.63, 3.8) is 0 Å². The van der Waals surface area contributed by atoms with Crippen LogP contribution in [-0.2, 0) is 0 Å². The summed E-state index contributed by atoms with van der Waals surface area (Å²) in [5.41, 5.74) is 0.670. The van der Waals surface area contributed by atoms with Gasteiger partial charge in [0.25, 0.3) is 0 Å². The average molecular weight is 322 g/mol. The lowest BCUT2D eigenvalue weighted by Gasteiger charge is -2.11. The van der Waals surface area contributed by atoms with Crippen LogP contribution in [0.4, 0.5) is 0 Å². The summed E-state index contributed by atoms with van der Waals surface area (Å²) in [5.74, 6) is -1.61. The molecule has 2 N–H and O–H groups in total. The Morgan fingerprint density at radius 1 is 0.833 bits per heavy atom. The minimum Gasteiger partial charge on any atom is -0.497 e. The molecule has 3 aromatic rings. The van der Waals surface area contributed by atoms with Crippen LogP contribution in [0.5, 0.6) is 5.75 Å². The van der Waals surface area contributed by atoms with Crippen LogP contribution in [0.25, 0.3) is 21.9 Å². The maximum absolute atomic E-state index is 11.5. The summed E-state index contributed by atoms with van der Waals surface area (Å²) in [7, 11) is 1.58. The molecule has 0 heterocycles. The largest absolute Gasteiger partial charge is 0.497 e. The maximum atomic E-state index is 11.5. The Labute approximate surface area is 137 Å². The fourth-order valence-corrected chi connectivity index (χ4v) is 2.73. The minimum absolute atomic E-state index is 0.0391. The van der Waals surface area contributed by atoms with Crippen molar-refractivity contribution in [2.45, 2.75) is 0 Å². The molecule has 0 radical (unpaired) electrons. The van der Waals surface area contributed by atoms with Crippen LogP contribution in [0, 0.1) is 0 Å². The second kappa shape index (κ2) is 6.04. The quantitative estimate of drug-likeness (QED) is 0.761. The number of carboxylic acid groups (broad SMARTS) is 2. The number of benzene rings is 3. The van der Waals surface area contributed by atoms with Gasteiger partial charge >= 0.3 is 11.9 Å². The van der Waals surface area contributed by atoms with Gasteiger partial charge in [0, 0.05) is 5.56 Å². The van der Waals surface area contributed by atoms with Crippen LogP contribution in [0.2, 0.25) is 0 Å². The Morgan fingerprint density at radius 3 is 2.00 bits per heavy atom. The van der Waals surface area contributed by atoms with Crippen molar-refractivity contribution in [3.8, 4) is 16.9 Å². The third kappa shape index (κ3) is 2.67. The zero-order valence-electron chi connectivity index (χ0n) is 12.8. The third-order valence-electron chi connectivity index (χ3n) is 3.86. The molecule has 24 heavy (non-hydrogen) atoms. The van der Waals surface area contributed by atoms with Crippen LogP contribution < -0.4 is 4.74 Å². The van der Waals surface area contributed by atoms with Crippen molar-refractivity contribution >= 4 is 22.7 Å². The van der Waals surface area contributed by atoms with Crippen molar-refractivity contribution in [2.75, 3.05) is 7.11 Å². The van der Waals surface area contributed by atoms with E-state index in [2.05, 4.69) is 0 Å². The van der Waals surface area contributed by atoms with Crippen LogP contribution in [0.3, 0.4) is 0 Å². The van der Waals surface area contributed by atoms with E-state index in [4.69, 9.17) is 4.74 Å². The van der Waals surface area contributed by atoms with Crippen molar-refractivity contribution < 1.29 is 24.5 Å². The van der Waals surface area contributed by atoms with E-state index in [1.165, 1.54) is 18.2 Å². The number of ether oxygens (including phenoxy) is 1. The van der Waals surface area contributed by atoms with E-state index in [0.717, 1.165) is 10.8 Å². The van der Waals surface area contributed by atoms with Crippen LogP contribution >= 0.6 is 0 Å². The predicted octanol–water partition coefficient (Wildman–Crippen LogP) is 3.91. The first kappa shape index (κ1) is 15.6. The Bertz CT molecular complexity index is 927. The molecule has 0 spiro atoms. The summed E-state index contributed by atoms with van der Waals surface area (Å²) in [6.07, 6.45) is 0. The van der Waals surface area contributed by atoms with Gasteiger partial charge < -0.3 is 14.9 Å². The van der Waals surface area contributed by atoms with Crippen LogP contribution in [-0.4, -0.2) is 29.3 Å². The Balaban J connectivity index is 2.26. The number of hydrogen-bond donors (Lipinski definition) is 2. The molecule has 0 aliphatic carbocycles. The Hall–Kier alpha value is -3.34. The fraction of sp³-hybridized carbons (Fsp3) is 0.0526. The highest BCUT2D eigenvalue weighted by Gasteiger charge is 2.19. The SMILES string of the molecule is COc1ccc2cc(-c3c(C(=O)O)cccc3C(=O)O)ccc2c1. The first-order valence-electron chi connectivity index (χ1n) is 7.19. The summed E-state index contributed by atoms with van der Waals surface area (Å²) in [5, 5.41) is 20.6. The fourth-order valence-electron chi connectivity index (χ4n) is 2.73. The molecule has 0 aromatic heterocycles. The van der Waals surface area contributed by atoms with Gasteiger partial charge in [-0.15, -0.1) is 0 Å². The molecule has 0 saturated heterocycles. The van der Waals surface area contributed by atoms with Gasteiger partial charge in [0.05, 0.1) is 18.2 Å². The van der Waals surface area contributed by atoms with Crippen molar-refractivity contribution in [2.24, 2.45) is 0 Å². The van der Waals surface area contributed by atoms with Gasteiger partial charge in [-0.1, -0.05) is 24.3 Å². The van der Waals surface area contributed by atoms with E-state index in [-0.39, 0.29) is 16.7 Å². The standard InChI is InChI=1S/C19H14O5/c1-24-14-8-7-11-9-13(6-5-12(11)10-14)17-15(18(20)21)3-2-4-16(17)19(22)23/h2-10H,1H3,(H,20,21)(H,22,23). The molecule has 0 fully saturated rings. The highest BCUT2D eigenvalue weighted by molar-refractivity contribution is 6.06. The normalized spacial score (nSPS) is 10.5. The molecule has 0 amide bonds. The number of rotatable bonds is 4. The Kier molecular flexibility index (Phi) is 3.92. The third-order valence-corrected chi connectivity index (χ3v) is 3.86. The van der Waals surface area contributed by atoms with Crippen molar-refractivity contribution in [3.05, 3.63) is 65.7 Å². The molecule has 3 aromatic carbocycles. The molecule has 0 aliphatic rings. The summed E-state index contributed by atoms with van der Waals surface area (Å²) in [4.78, 5) is 23.0. The van der Waals surface area contributed by atoms with Gasteiger partial charge in [0.2, 0.25) is 0 Å². The number of aromatic carboxylic acids is 2. The van der Waals surface area contributed by atoms with E-state index >= 15 is 0 Å². The zero-order valence-corrected chi connectivity index (χ0v) is 12.8. The van der Waals surface area contributed by atoms with E-state index in [9.17, 15) is 19.8 Å². The summed E-state index contributed by atoms with van der Waals surface area (Å²) in [6, 6.07) is 15.1. The Morgan fingerprint density at radius 2 is 1.42 bits per heavy atom. The molecule has 120 valence electrons. The monoisotopic (exact) mass is 322 g/mol.